The number of unbranched alkanes of at least 4 members (excludes halogenated alkanes) is 6. The fourth-order valence-electron chi connectivity index (χ4n) is 1.44. The Hall–Kier alpha value is -0.470. The Morgan fingerprint density at radius 1 is 0.938 bits per heavy atom. The topological polar surface area (TPSA) is 87.0 Å². The molecule has 0 unspecified atom stereocenters. The van der Waals surface area contributed by atoms with E-state index in [0.29, 0.717) is 13.0 Å². The van der Waals surface area contributed by atoms with E-state index in [1.54, 1.807) is 0 Å². The third kappa shape index (κ3) is 13.5. The Morgan fingerprint density at radius 3 is 1.94 bits per heavy atom. The van der Waals surface area contributed by atoms with Crippen molar-refractivity contribution in [2.75, 3.05) is 12.7 Å². The molecule has 0 aliphatic rings. The van der Waals surface area contributed by atoms with Crippen LogP contribution in [0.25, 0.3) is 0 Å². The van der Waals surface area contributed by atoms with E-state index in [1.165, 1.54) is 6.08 Å². The van der Waals surface area contributed by atoms with E-state index >= 15 is 0 Å². The summed E-state index contributed by atoms with van der Waals surface area (Å²) in [5.74, 6) is 0. The second-order valence-corrected chi connectivity index (χ2v) is 5.61. The summed E-state index contributed by atoms with van der Waals surface area (Å²) in [5.41, 5.74) is 0. The summed E-state index contributed by atoms with van der Waals surface area (Å²) in [6, 6.07) is 0. The maximum absolute atomic E-state index is 10.5. The van der Waals surface area contributed by atoms with Gasteiger partial charge in [-0.15, -0.1) is 0 Å². The summed E-state index contributed by atoms with van der Waals surface area (Å²) < 4.78 is 10.5. The lowest BCUT2D eigenvalue weighted by Gasteiger charge is -2.03. The summed E-state index contributed by atoms with van der Waals surface area (Å²) in [7, 11) is -3.79. The zero-order valence-corrected chi connectivity index (χ0v) is 10.4. The molecule has 0 atom stereocenters. The number of hydrogen-bond donors (Lipinski definition) is 2. The number of isocyanates is 1. The van der Waals surface area contributed by atoms with Gasteiger partial charge in [-0.2, -0.15) is 0 Å². The van der Waals surface area contributed by atoms with Gasteiger partial charge in [0.05, 0.1) is 6.54 Å². The monoisotopic (exact) mass is 249 g/mol. The van der Waals surface area contributed by atoms with Gasteiger partial charge in [0.1, 0.15) is 0 Å². The first-order chi connectivity index (χ1) is 7.56. The lowest BCUT2D eigenvalue weighted by atomic mass is 10.1. The molecule has 0 spiro atoms. The molecule has 0 bridgehead atoms. The lowest BCUT2D eigenvalue weighted by molar-refractivity contribution is 0.370. The number of nitrogens with zero attached hydrogens (tertiary/aromatic N) is 1. The van der Waals surface area contributed by atoms with Crippen LogP contribution in [-0.2, 0) is 9.36 Å². The first-order valence-electron chi connectivity index (χ1n) is 5.64. The van der Waals surface area contributed by atoms with E-state index in [2.05, 4.69) is 4.99 Å². The molecular weight excluding hydrogens is 229 g/mol. The van der Waals surface area contributed by atoms with Crippen molar-refractivity contribution < 1.29 is 19.1 Å². The molecule has 0 rings (SSSR count). The van der Waals surface area contributed by atoms with Gasteiger partial charge >= 0.3 is 7.60 Å². The van der Waals surface area contributed by atoms with Gasteiger partial charge in [0, 0.05) is 6.16 Å². The van der Waals surface area contributed by atoms with Crippen molar-refractivity contribution >= 4 is 13.7 Å². The third-order valence-electron chi connectivity index (χ3n) is 2.28. The Labute approximate surface area is 96.1 Å². The first-order valence-corrected chi connectivity index (χ1v) is 7.44. The molecule has 0 radical (unpaired) electrons. The second-order valence-electron chi connectivity index (χ2n) is 3.84. The smallest absolute Gasteiger partial charge is 0.324 e. The average Bonchev–Trinajstić information content (AvgIpc) is 2.19. The molecule has 16 heavy (non-hydrogen) atoms. The molecule has 0 aliphatic carbocycles. The van der Waals surface area contributed by atoms with Crippen molar-refractivity contribution in [2.24, 2.45) is 4.99 Å². The highest BCUT2D eigenvalue weighted by atomic mass is 31.2. The normalized spacial score (nSPS) is 11.1. The molecule has 5 nitrogen and oxygen atoms in total. The fourth-order valence-corrected chi connectivity index (χ4v) is 2.07. The fraction of sp³-hybridized carbons (Fsp3) is 0.900. The van der Waals surface area contributed by atoms with Crippen LogP contribution in [0.4, 0.5) is 0 Å². The number of carbonyl (C=O) groups excluding carboxylic acids is 1. The van der Waals surface area contributed by atoms with Crippen LogP contribution in [0.3, 0.4) is 0 Å². The van der Waals surface area contributed by atoms with Gasteiger partial charge in [-0.1, -0.05) is 32.1 Å². The Bertz CT molecular complexity index is 258. The predicted octanol–water partition coefficient (Wildman–Crippen LogP) is 2.23. The van der Waals surface area contributed by atoms with Gasteiger partial charge < -0.3 is 9.79 Å². The highest BCUT2D eigenvalue weighted by Crippen LogP contribution is 2.35. The Kier molecular flexibility index (Phi) is 9.45. The summed E-state index contributed by atoms with van der Waals surface area (Å²) in [4.78, 5) is 30.4. The molecule has 0 fully saturated rings. The summed E-state index contributed by atoms with van der Waals surface area (Å²) >= 11 is 0. The van der Waals surface area contributed by atoms with E-state index in [-0.39, 0.29) is 6.16 Å². The molecule has 0 heterocycles. The van der Waals surface area contributed by atoms with Crippen LogP contribution in [0.15, 0.2) is 4.99 Å². The first kappa shape index (κ1) is 15.5. The maximum atomic E-state index is 10.5. The summed E-state index contributed by atoms with van der Waals surface area (Å²) in [6.07, 6.45) is 8.11. The quantitative estimate of drug-likeness (QED) is 0.269. The molecule has 0 amide bonds. The van der Waals surface area contributed by atoms with E-state index < -0.39 is 7.60 Å². The van der Waals surface area contributed by atoms with E-state index in [1.807, 2.05) is 0 Å². The Morgan fingerprint density at radius 2 is 1.44 bits per heavy atom. The molecule has 94 valence electrons. The maximum Gasteiger partial charge on any atom is 0.325 e. The average molecular weight is 249 g/mol. The van der Waals surface area contributed by atoms with Crippen molar-refractivity contribution in [3.05, 3.63) is 0 Å². The molecule has 0 aliphatic heterocycles. The van der Waals surface area contributed by atoms with Gasteiger partial charge in [-0.25, -0.2) is 9.79 Å². The van der Waals surface area contributed by atoms with Crippen molar-refractivity contribution in [2.45, 2.75) is 44.9 Å². The molecule has 0 aromatic heterocycles. The Balaban J connectivity index is 3.10. The van der Waals surface area contributed by atoms with Gasteiger partial charge in [0.15, 0.2) is 0 Å². The van der Waals surface area contributed by atoms with E-state index in [4.69, 9.17) is 9.79 Å². The molecule has 0 aromatic rings. The van der Waals surface area contributed by atoms with Gasteiger partial charge in [0.25, 0.3) is 0 Å². The number of hydrogen-bond acceptors (Lipinski definition) is 3. The minimum absolute atomic E-state index is 0.00104. The van der Waals surface area contributed by atoms with Crippen LogP contribution in [-0.4, -0.2) is 28.6 Å². The van der Waals surface area contributed by atoms with Gasteiger partial charge in [0.2, 0.25) is 6.08 Å². The van der Waals surface area contributed by atoms with Crippen LogP contribution in [0.2, 0.25) is 0 Å². The molecule has 0 saturated carbocycles. The molecular formula is C10H20NO4P. The van der Waals surface area contributed by atoms with Crippen molar-refractivity contribution in [3.8, 4) is 0 Å². The number of aliphatic imine (C=N–C) groups is 1. The minimum atomic E-state index is -3.79. The van der Waals surface area contributed by atoms with Gasteiger partial charge in [-0.05, 0) is 12.8 Å². The van der Waals surface area contributed by atoms with E-state index in [9.17, 15) is 9.36 Å². The molecule has 0 saturated heterocycles. The van der Waals surface area contributed by atoms with Crippen LogP contribution in [0.1, 0.15) is 44.9 Å². The van der Waals surface area contributed by atoms with Crippen LogP contribution < -0.4 is 0 Å². The summed E-state index contributed by atoms with van der Waals surface area (Å²) in [5, 5.41) is 0. The second kappa shape index (κ2) is 9.73. The summed E-state index contributed by atoms with van der Waals surface area (Å²) in [6.45, 7) is 0.557. The van der Waals surface area contributed by atoms with E-state index in [0.717, 1.165) is 38.5 Å². The standard InChI is InChI=1S/C10H20NO4P/c12-10-11-8-6-4-2-1-3-5-7-9-16(13,14)15/h1-9H2,(H2,13,14,15). The van der Waals surface area contributed by atoms with Crippen molar-refractivity contribution in [1.29, 1.82) is 0 Å². The highest BCUT2D eigenvalue weighted by molar-refractivity contribution is 7.51. The lowest BCUT2D eigenvalue weighted by Crippen LogP contribution is -1.88. The predicted molar refractivity (Wildman–Crippen MR) is 62.2 cm³/mol. The SMILES string of the molecule is O=C=NCCCCCCCCCP(=O)(O)O. The molecule has 0 aromatic carbocycles. The van der Waals surface area contributed by atoms with Crippen LogP contribution in [0.5, 0.6) is 0 Å². The van der Waals surface area contributed by atoms with Crippen molar-refractivity contribution in [1.82, 2.24) is 0 Å². The van der Waals surface area contributed by atoms with Crippen LogP contribution in [0, 0.1) is 0 Å². The third-order valence-corrected chi connectivity index (χ3v) is 3.18. The van der Waals surface area contributed by atoms with Crippen molar-refractivity contribution in [3.63, 3.8) is 0 Å². The van der Waals surface area contributed by atoms with Crippen LogP contribution >= 0.6 is 7.60 Å². The number of rotatable bonds is 10. The minimum Gasteiger partial charge on any atom is -0.324 e. The van der Waals surface area contributed by atoms with Gasteiger partial charge in [-0.3, -0.25) is 4.57 Å². The molecule has 2 N–H and O–H groups in total. The highest BCUT2D eigenvalue weighted by Gasteiger charge is 2.10. The molecule has 6 heteroatoms. The largest absolute Gasteiger partial charge is 0.325 e. The zero-order valence-electron chi connectivity index (χ0n) is 9.47. The zero-order chi connectivity index (χ0) is 12.3.